The molecule has 0 bridgehead atoms. The number of pyridine rings is 1. The van der Waals surface area contributed by atoms with Gasteiger partial charge in [-0.3, -0.25) is 4.98 Å². The number of nitrogens with zero attached hydrogens (tertiary/aromatic N) is 1. The Morgan fingerprint density at radius 2 is 2.50 bits per heavy atom. The molecule has 2 N–H and O–H groups in total. The molecule has 2 rings (SSSR count). The van der Waals surface area contributed by atoms with Gasteiger partial charge in [-0.1, -0.05) is 6.07 Å². The first-order valence-electron chi connectivity index (χ1n) is 5.74. The zero-order valence-corrected chi connectivity index (χ0v) is 9.34. The Kier molecular flexibility index (Phi) is 4.27. The summed E-state index contributed by atoms with van der Waals surface area (Å²) in [5.74, 6) is 0. The van der Waals surface area contributed by atoms with Crippen molar-refractivity contribution in [2.45, 2.75) is 25.0 Å². The second kappa shape index (κ2) is 5.94. The Labute approximate surface area is 95.8 Å². The van der Waals surface area contributed by atoms with E-state index in [0.717, 1.165) is 25.1 Å². The zero-order chi connectivity index (χ0) is 11.2. The van der Waals surface area contributed by atoms with Gasteiger partial charge in [-0.05, 0) is 25.0 Å². The molecule has 1 saturated heterocycles. The standard InChI is InChI=1S/C12H18N2O2/c13-8-12(11-5-1-2-6-14-11)16-9-10-4-3-7-15-10/h1-2,5-6,10,12H,3-4,7-9,13H2. The number of hydrogen-bond acceptors (Lipinski definition) is 4. The van der Waals surface area contributed by atoms with Crippen molar-refractivity contribution in [2.24, 2.45) is 5.73 Å². The Bertz CT molecular complexity index is 299. The Morgan fingerprint density at radius 3 is 3.12 bits per heavy atom. The molecule has 1 aliphatic rings. The van der Waals surface area contributed by atoms with Gasteiger partial charge in [0.2, 0.25) is 0 Å². The molecule has 4 nitrogen and oxygen atoms in total. The van der Waals surface area contributed by atoms with E-state index in [1.807, 2.05) is 18.2 Å². The third kappa shape index (κ3) is 3.01. The fourth-order valence-electron chi connectivity index (χ4n) is 1.84. The minimum atomic E-state index is -0.120. The first kappa shape index (κ1) is 11.5. The van der Waals surface area contributed by atoms with E-state index in [9.17, 15) is 0 Å². The predicted octanol–water partition coefficient (Wildman–Crippen LogP) is 1.28. The maximum Gasteiger partial charge on any atom is 0.112 e. The molecule has 0 aliphatic carbocycles. The molecule has 1 aromatic heterocycles. The van der Waals surface area contributed by atoms with E-state index in [-0.39, 0.29) is 12.2 Å². The van der Waals surface area contributed by atoms with E-state index in [1.165, 1.54) is 0 Å². The second-order valence-corrected chi connectivity index (χ2v) is 3.95. The third-order valence-corrected chi connectivity index (χ3v) is 2.74. The molecule has 0 saturated carbocycles. The second-order valence-electron chi connectivity index (χ2n) is 3.95. The maximum atomic E-state index is 5.75. The van der Waals surface area contributed by atoms with Gasteiger partial charge in [0.05, 0.1) is 18.4 Å². The first-order chi connectivity index (χ1) is 7.90. The highest BCUT2D eigenvalue weighted by molar-refractivity contribution is 5.07. The molecule has 1 aromatic rings. The minimum absolute atomic E-state index is 0.120. The van der Waals surface area contributed by atoms with Crippen LogP contribution in [-0.2, 0) is 9.47 Å². The summed E-state index contributed by atoms with van der Waals surface area (Å²) in [6, 6.07) is 5.77. The number of ether oxygens (including phenoxy) is 2. The predicted molar refractivity (Wildman–Crippen MR) is 61.0 cm³/mol. The summed E-state index contributed by atoms with van der Waals surface area (Å²) in [6.07, 6.45) is 4.08. The molecule has 4 heteroatoms. The largest absolute Gasteiger partial charge is 0.376 e. The van der Waals surface area contributed by atoms with Crippen LogP contribution in [0.1, 0.15) is 24.6 Å². The summed E-state index contributed by atoms with van der Waals surface area (Å²) in [4.78, 5) is 4.25. The molecule has 2 heterocycles. The summed E-state index contributed by atoms with van der Waals surface area (Å²) in [7, 11) is 0. The van der Waals surface area contributed by atoms with Gasteiger partial charge in [0, 0.05) is 19.3 Å². The van der Waals surface area contributed by atoms with Crippen LogP contribution < -0.4 is 5.73 Å². The van der Waals surface area contributed by atoms with Crippen LogP contribution in [0.4, 0.5) is 0 Å². The van der Waals surface area contributed by atoms with Crippen molar-refractivity contribution < 1.29 is 9.47 Å². The van der Waals surface area contributed by atoms with Crippen molar-refractivity contribution in [2.75, 3.05) is 19.8 Å². The average molecular weight is 222 g/mol. The Morgan fingerprint density at radius 1 is 1.56 bits per heavy atom. The molecule has 0 spiro atoms. The Hall–Kier alpha value is -0.970. The molecule has 1 aliphatic heterocycles. The molecule has 88 valence electrons. The van der Waals surface area contributed by atoms with Crippen LogP contribution in [0.3, 0.4) is 0 Å². The van der Waals surface area contributed by atoms with Gasteiger partial charge in [0.1, 0.15) is 6.10 Å². The topological polar surface area (TPSA) is 57.4 Å². The van der Waals surface area contributed by atoms with Crippen LogP contribution in [0, 0.1) is 0 Å². The van der Waals surface area contributed by atoms with E-state index in [2.05, 4.69) is 4.98 Å². The van der Waals surface area contributed by atoms with Crippen LogP contribution in [0.25, 0.3) is 0 Å². The van der Waals surface area contributed by atoms with Crippen molar-refractivity contribution in [1.29, 1.82) is 0 Å². The summed E-state index contributed by atoms with van der Waals surface area (Å²) >= 11 is 0. The van der Waals surface area contributed by atoms with Crippen LogP contribution in [0.2, 0.25) is 0 Å². The highest BCUT2D eigenvalue weighted by Gasteiger charge is 2.18. The van der Waals surface area contributed by atoms with Crippen LogP contribution >= 0.6 is 0 Å². The van der Waals surface area contributed by atoms with Crippen molar-refractivity contribution in [3.05, 3.63) is 30.1 Å². The van der Waals surface area contributed by atoms with Crippen molar-refractivity contribution in [3.8, 4) is 0 Å². The van der Waals surface area contributed by atoms with Gasteiger partial charge in [0.15, 0.2) is 0 Å². The molecule has 2 unspecified atom stereocenters. The van der Waals surface area contributed by atoms with E-state index in [1.54, 1.807) is 6.20 Å². The third-order valence-electron chi connectivity index (χ3n) is 2.74. The van der Waals surface area contributed by atoms with Gasteiger partial charge in [-0.15, -0.1) is 0 Å². The number of nitrogens with two attached hydrogens (primary N) is 1. The van der Waals surface area contributed by atoms with Crippen LogP contribution in [-0.4, -0.2) is 30.8 Å². The number of aromatic nitrogens is 1. The fourth-order valence-corrected chi connectivity index (χ4v) is 1.84. The molecule has 1 fully saturated rings. The molecule has 0 amide bonds. The van der Waals surface area contributed by atoms with Crippen LogP contribution in [0.5, 0.6) is 0 Å². The van der Waals surface area contributed by atoms with E-state index >= 15 is 0 Å². The molecule has 2 atom stereocenters. The van der Waals surface area contributed by atoms with Gasteiger partial charge in [-0.25, -0.2) is 0 Å². The van der Waals surface area contributed by atoms with Crippen molar-refractivity contribution in [3.63, 3.8) is 0 Å². The van der Waals surface area contributed by atoms with E-state index < -0.39 is 0 Å². The molecule has 16 heavy (non-hydrogen) atoms. The number of rotatable bonds is 5. The van der Waals surface area contributed by atoms with Gasteiger partial charge in [-0.2, -0.15) is 0 Å². The maximum absolute atomic E-state index is 5.75. The van der Waals surface area contributed by atoms with Gasteiger partial charge < -0.3 is 15.2 Å². The minimum Gasteiger partial charge on any atom is -0.376 e. The number of hydrogen-bond donors (Lipinski definition) is 1. The zero-order valence-electron chi connectivity index (χ0n) is 9.34. The van der Waals surface area contributed by atoms with E-state index in [4.69, 9.17) is 15.2 Å². The highest BCUT2D eigenvalue weighted by Crippen LogP contribution is 2.17. The van der Waals surface area contributed by atoms with Crippen LogP contribution in [0.15, 0.2) is 24.4 Å². The monoisotopic (exact) mass is 222 g/mol. The molecule has 0 radical (unpaired) electrons. The van der Waals surface area contributed by atoms with Crippen molar-refractivity contribution in [1.82, 2.24) is 4.98 Å². The van der Waals surface area contributed by atoms with Crippen molar-refractivity contribution >= 4 is 0 Å². The summed E-state index contributed by atoms with van der Waals surface area (Å²) < 4.78 is 11.2. The highest BCUT2D eigenvalue weighted by atomic mass is 16.5. The molecular formula is C12H18N2O2. The fraction of sp³-hybridized carbons (Fsp3) is 0.583. The smallest absolute Gasteiger partial charge is 0.112 e. The lowest BCUT2D eigenvalue weighted by molar-refractivity contribution is -0.0195. The molecular weight excluding hydrogens is 204 g/mol. The summed E-state index contributed by atoms with van der Waals surface area (Å²) in [6.45, 7) is 1.91. The summed E-state index contributed by atoms with van der Waals surface area (Å²) in [5, 5.41) is 0. The first-order valence-corrected chi connectivity index (χ1v) is 5.74. The SMILES string of the molecule is NCC(OCC1CCCO1)c1ccccn1. The average Bonchev–Trinajstić information content (AvgIpc) is 2.84. The quantitative estimate of drug-likeness (QED) is 0.815. The Balaban J connectivity index is 1.85. The lowest BCUT2D eigenvalue weighted by Gasteiger charge is -2.17. The lowest BCUT2D eigenvalue weighted by Crippen LogP contribution is -2.22. The lowest BCUT2D eigenvalue weighted by atomic mass is 10.2. The molecule has 0 aromatic carbocycles. The van der Waals surface area contributed by atoms with E-state index in [0.29, 0.717) is 13.2 Å². The van der Waals surface area contributed by atoms with Gasteiger partial charge >= 0.3 is 0 Å². The van der Waals surface area contributed by atoms with Gasteiger partial charge in [0.25, 0.3) is 0 Å². The summed E-state index contributed by atoms with van der Waals surface area (Å²) in [5.41, 5.74) is 6.58. The normalized spacial score (nSPS) is 22.2.